The average Bonchev–Trinajstić information content (AvgIpc) is 2.33. The quantitative estimate of drug-likeness (QED) is 0.823. The summed E-state index contributed by atoms with van der Waals surface area (Å²) in [5.41, 5.74) is 5.47. The van der Waals surface area contributed by atoms with Crippen LogP contribution in [-0.4, -0.2) is 32.4 Å². The van der Waals surface area contributed by atoms with Crippen molar-refractivity contribution in [3.63, 3.8) is 0 Å². The second-order valence-electron chi connectivity index (χ2n) is 3.78. The Kier molecular flexibility index (Phi) is 5.46. The van der Waals surface area contributed by atoms with Crippen LogP contribution in [0.5, 0.6) is 0 Å². The summed E-state index contributed by atoms with van der Waals surface area (Å²) in [4.78, 5) is -0.0276. The summed E-state index contributed by atoms with van der Waals surface area (Å²) >= 11 is 15.1. The number of rotatable bonds is 4. The van der Waals surface area contributed by atoms with E-state index in [4.69, 9.17) is 28.9 Å². The van der Waals surface area contributed by atoms with E-state index in [1.807, 2.05) is 0 Å². The number of halogens is 3. The van der Waals surface area contributed by atoms with E-state index in [1.54, 1.807) is 13.0 Å². The molecule has 0 aromatic heterocycles. The number of likely N-dealkylation sites (N-methyl/N-ethyl adjacent to an activating group) is 1. The maximum atomic E-state index is 12.3. The molecule has 1 rings (SSSR count). The number of hydrogen-bond donors (Lipinski definition) is 1. The van der Waals surface area contributed by atoms with Crippen LogP contribution in [0.25, 0.3) is 0 Å². The lowest BCUT2D eigenvalue weighted by molar-refractivity contribution is 0.394. The molecule has 2 N–H and O–H groups in total. The highest BCUT2D eigenvalue weighted by Crippen LogP contribution is 2.36. The van der Waals surface area contributed by atoms with Gasteiger partial charge in [0.05, 0.1) is 10.0 Å². The maximum Gasteiger partial charge on any atom is 0.244 e. The van der Waals surface area contributed by atoms with Crippen molar-refractivity contribution in [1.82, 2.24) is 4.31 Å². The first kappa shape index (κ1) is 16.2. The molecule has 0 amide bonds. The molecule has 0 fully saturated rings. The molecule has 0 saturated carbocycles. The molecular weight excluding hydrogens is 363 g/mol. The molecular formula is C10H13BrCl2N2O2S. The SMILES string of the molecule is CC(CN)N(C)S(=O)(=O)c1ccc(Br)c(Cl)c1Cl. The van der Waals surface area contributed by atoms with Crippen LogP contribution in [0.15, 0.2) is 21.5 Å². The zero-order valence-corrected chi connectivity index (χ0v) is 13.7. The number of nitrogens with two attached hydrogens (primary N) is 1. The lowest BCUT2D eigenvalue weighted by Gasteiger charge is -2.23. The highest BCUT2D eigenvalue weighted by Gasteiger charge is 2.28. The van der Waals surface area contributed by atoms with Crippen LogP contribution in [0.2, 0.25) is 10.0 Å². The Labute approximate surface area is 125 Å². The molecule has 0 heterocycles. The Morgan fingerprint density at radius 2 is 1.94 bits per heavy atom. The summed E-state index contributed by atoms with van der Waals surface area (Å²) in [6.07, 6.45) is 0. The number of sulfonamides is 1. The molecule has 1 aromatic carbocycles. The maximum absolute atomic E-state index is 12.3. The molecule has 18 heavy (non-hydrogen) atoms. The second-order valence-corrected chi connectivity index (χ2v) is 7.36. The van der Waals surface area contributed by atoms with Gasteiger partial charge in [0.2, 0.25) is 10.0 Å². The van der Waals surface area contributed by atoms with Crippen molar-refractivity contribution >= 4 is 49.2 Å². The van der Waals surface area contributed by atoms with Gasteiger partial charge >= 0.3 is 0 Å². The van der Waals surface area contributed by atoms with Crippen molar-refractivity contribution in [3.8, 4) is 0 Å². The molecule has 1 atom stereocenters. The van der Waals surface area contributed by atoms with Crippen LogP contribution in [0.1, 0.15) is 6.92 Å². The molecule has 0 saturated heterocycles. The third-order valence-electron chi connectivity index (χ3n) is 2.62. The summed E-state index contributed by atoms with van der Waals surface area (Å²) in [6, 6.07) is 2.63. The minimum Gasteiger partial charge on any atom is -0.329 e. The largest absolute Gasteiger partial charge is 0.329 e. The van der Waals surface area contributed by atoms with E-state index in [0.29, 0.717) is 4.47 Å². The minimum absolute atomic E-state index is 0.00196. The zero-order valence-electron chi connectivity index (χ0n) is 9.82. The number of nitrogens with zero attached hydrogens (tertiary/aromatic N) is 1. The van der Waals surface area contributed by atoms with E-state index < -0.39 is 10.0 Å². The van der Waals surface area contributed by atoms with E-state index in [0.717, 1.165) is 0 Å². The summed E-state index contributed by atoms with van der Waals surface area (Å²) in [7, 11) is -2.25. The number of benzene rings is 1. The molecule has 0 radical (unpaired) electrons. The molecule has 102 valence electrons. The Hall–Kier alpha value is 0.150. The standard InChI is InChI=1S/C10H13BrCl2N2O2S/c1-6(5-14)15(2)18(16,17)8-4-3-7(11)9(12)10(8)13/h3-4,6H,5,14H2,1-2H3. The van der Waals surface area contributed by atoms with E-state index in [9.17, 15) is 8.42 Å². The van der Waals surface area contributed by atoms with Gasteiger partial charge in [-0.3, -0.25) is 0 Å². The molecule has 1 unspecified atom stereocenters. The zero-order chi connectivity index (χ0) is 14.1. The Bertz CT molecular complexity index is 551. The van der Waals surface area contributed by atoms with Crippen molar-refractivity contribution < 1.29 is 8.42 Å². The molecule has 8 heteroatoms. The first-order chi connectivity index (χ1) is 8.23. The lowest BCUT2D eigenvalue weighted by atomic mass is 10.3. The van der Waals surface area contributed by atoms with Gasteiger partial charge < -0.3 is 5.73 Å². The second kappa shape index (κ2) is 6.07. The highest BCUT2D eigenvalue weighted by atomic mass is 79.9. The van der Waals surface area contributed by atoms with Gasteiger partial charge in [-0.25, -0.2) is 8.42 Å². The fourth-order valence-electron chi connectivity index (χ4n) is 1.25. The normalized spacial score (nSPS) is 13.9. The first-order valence-electron chi connectivity index (χ1n) is 5.05. The van der Waals surface area contributed by atoms with Gasteiger partial charge in [-0.2, -0.15) is 4.31 Å². The summed E-state index contributed by atoms with van der Waals surface area (Å²) in [6.45, 7) is 1.93. The molecule has 0 aliphatic heterocycles. The third-order valence-corrected chi connectivity index (χ3v) is 6.52. The number of hydrogen-bond acceptors (Lipinski definition) is 3. The van der Waals surface area contributed by atoms with Crippen molar-refractivity contribution in [2.75, 3.05) is 13.6 Å². The monoisotopic (exact) mass is 374 g/mol. The highest BCUT2D eigenvalue weighted by molar-refractivity contribution is 9.10. The minimum atomic E-state index is -3.70. The van der Waals surface area contributed by atoms with Crippen LogP contribution >= 0.6 is 39.1 Å². The van der Waals surface area contributed by atoms with E-state index >= 15 is 0 Å². The smallest absolute Gasteiger partial charge is 0.244 e. The molecule has 0 aliphatic carbocycles. The van der Waals surface area contributed by atoms with Crippen molar-refractivity contribution in [2.24, 2.45) is 5.73 Å². The topological polar surface area (TPSA) is 63.4 Å². The van der Waals surface area contributed by atoms with Crippen molar-refractivity contribution in [1.29, 1.82) is 0 Å². The van der Waals surface area contributed by atoms with Gasteiger partial charge in [-0.1, -0.05) is 23.2 Å². The molecule has 0 spiro atoms. The van der Waals surface area contributed by atoms with Crippen LogP contribution in [-0.2, 0) is 10.0 Å². The van der Waals surface area contributed by atoms with Gasteiger partial charge in [0.25, 0.3) is 0 Å². The van der Waals surface area contributed by atoms with Crippen LogP contribution in [0.4, 0.5) is 0 Å². The molecule has 1 aromatic rings. The molecule has 4 nitrogen and oxygen atoms in total. The lowest BCUT2D eigenvalue weighted by Crippen LogP contribution is -2.39. The molecule has 0 bridgehead atoms. The van der Waals surface area contributed by atoms with Gasteiger partial charge in [0, 0.05) is 24.1 Å². The Morgan fingerprint density at radius 3 is 2.44 bits per heavy atom. The summed E-state index contributed by atoms with van der Waals surface area (Å²) < 4.78 is 26.4. The van der Waals surface area contributed by atoms with E-state index in [-0.39, 0.29) is 27.5 Å². The van der Waals surface area contributed by atoms with Gasteiger partial charge in [-0.05, 0) is 35.0 Å². The molecule has 0 aliphatic rings. The van der Waals surface area contributed by atoms with Crippen LogP contribution in [0.3, 0.4) is 0 Å². The van der Waals surface area contributed by atoms with Crippen molar-refractivity contribution in [2.45, 2.75) is 17.9 Å². The fraction of sp³-hybridized carbons (Fsp3) is 0.400. The fourth-order valence-corrected chi connectivity index (χ4v) is 3.81. The van der Waals surface area contributed by atoms with E-state index in [1.165, 1.54) is 17.4 Å². The van der Waals surface area contributed by atoms with Crippen LogP contribution < -0.4 is 5.73 Å². The Balaban J connectivity index is 3.34. The average molecular weight is 376 g/mol. The van der Waals surface area contributed by atoms with E-state index in [2.05, 4.69) is 15.9 Å². The first-order valence-corrected chi connectivity index (χ1v) is 8.04. The predicted molar refractivity (Wildman–Crippen MR) is 77.6 cm³/mol. The van der Waals surface area contributed by atoms with Gasteiger partial charge in [0.1, 0.15) is 4.90 Å². The predicted octanol–water partition coefficient (Wildman–Crippen LogP) is 2.72. The summed E-state index contributed by atoms with van der Waals surface area (Å²) in [5.74, 6) is 0. The van der Waals surface area contributed by atoms with Crippen LogP contribution in [0, 0.1) is 0 Å². The van der Waals surface area contributed by atoms with Gasteiger partial charge in [-0.15, -0.1) is 0 Å². The van der Waals surface area contributed by atoms with Gasteiger partial charge in [0.15, 0.2) is 0 Å². The van der Waals surface area contributed by atoms with Crippen molar-refractivity contribution in [3.05, 3.63) is 26.7 Å². The Morgan fingerprint density at radius 1 is 1.39 bits per heavy atom. The summed E-state index contributed by atoms with van der Waals surface area (Å²) in [5, 5.41) is 0.175. The third kappa shape index (κ3) is 3.00.